The van der Waals surface area contributed by atoms with Crippen LogP contribution in [0.15, 0.2) is 24.3 Å². The summed E-state index contributed by atoms with van der Waals surface area (Å²) in [5.74, 6) is 4.83. The van der Waals surface area contributed by atoms with Crippen molar-refractivity contribution in [2.75, 3.05) is 6.61 Å². The van der Waals surface area contributed by atoms with E-state index in [4.69, 9.17) is 4.74 Å². The number of hydrogen-bond acceptors (Lipinski definition) is 2. The Balaban J connectivity index is 1.53. The summed E-state index contributed by atoms with van der Waals surface area (Å²) in [5.41, 5.74) is 1.01. The predicted octanol–water partition coefficient (Wildman–Crippen LogP) is 3.80. The van der Waals surface area contributed by atoms with E-state index >= 15 is 0 Å². The molecule has 2 nitrogen and oxygen atoms in total. The van der Waals surface area contributed by atoms with Crippen LogP contribution in [-0.4, -0.2) is 11.7 Å². The van der Waals surface area contributed by atoms with Gasteiger partial charge < -0.3 is 9.84 Å². The third-order valence-electron chi connectivity index (χ3n) is 5.86. The molecule has 0 heterocycles. The fraction of sp³-hybridized carbons (Fsp3) is 0.667. The minimum Gasteiger partial charge on any atom is -0.493 e. The number of benzene rings is 1. The van der Waals surface area contributed by atoms with E-state index in [1.54, 1.807) is 0 Å². The summed E-state index contributed by atoms with van der Waals surface area (Å²) in [6.07, 6.45) is 4.93. The van der Waals surface area contributed by atoms with Crippen LogP contribution in [0.1, 0.15) is 44.3 Å². The molecule has 0 aromatic heterocycles. The molecule has 108 valence electrons. The fourth-order valence-electron chi connectivity index (χ4n) is 5.09. The Morgan fingerprint density at radius 3 is 2.60 bits per heavy atom. The first-order valence-corrected chi connectivity index (χ1v) is 8.21. The van der Waals surface area contributed by atoms with Gasteiger partial charge in [-0.25, -0.2) is 0 Å². The average Bonchev–Trinajstić information content (AvgIpc) is 2.92. The molecule has 1 aromatic rings. The highest BCUT2D eigenvalue weighted by atomic mass is 16.5. The smallest absolute Gasteiger partial charge is 0.125 e. The molecule has 3 saturated carbocycles. The zero-order valence-electron chi connectivity index (χ0n) is 12.2. The standard InChI is InChI=1S/C18H24O2/c1-2-9-20-14-6-4-3-5-13(14)18(19)17-15-11-7-8-12(10-11)16(15)17/h3-6,11-12,15-19H,2,7-10H2,1H3. The van der Waals surface area contributed by atoms with E-state index in [1.165, 1.54) is 19.3 Å². The molecule has 2 bridgehead atoms. The van der Waals surface area contributed by atoms with Gasteiger partial charge in [-0.1, -0.05) is 25.1 Å². The molecular weight excluding hydrogens is 248 g/mol. The van der Waals surface area contributed by atoms with Gasteiger partial charge in [0.05, 0.1) is 12.7 Å². The van der Waals surface area contributed by atoms with Crippen LogP contribution in [0.5, 0.6) is 5.75 Å². The van der Waals surface area contributed by atoms with Gasteiger partial charge in [0, 0.05) is 5.56 Å². The van der Waals surface area contributed by atoms with Crippen molar-refractivity contribution >= 4 is 0 Å². The lowest BCUT2D eigenvalue weighted by molar-refractivity contribution is 0.125. The van der Waals surface area contributed by atoms with Crippen molar-refractivity contribution < 1.29 is 9.84 Å². The molecule has 5 unspecified atom stereocenters. The summed E-state index contributed by atoms with van der Waals surface area (Å²) in [6, 6.07) is 8.06. The Kier molecular flexibility index (Phi) is 3.03. The second-order valence-electron chi connectivity index (χ2n) is 6.90. The Hall–Kier alpha value is -1.02. The number of para-hydroxylation sites is 1. The molecule has 2 heteroatoms. The first-order valence-electron chi connectivity index (χ1n) is 8.21. The molecule has 3 fully saturated rings. The molecule has 0 radical (unpaired) electrons. The summed E-state index contributed by atoms with van der Waals surface area (Å²) in [6.45, 7) is 2.84. The van der Waals surface area contributed by atoms with E-state index in [0.29, 0.717) is 5.92 Å². The molecule has 4 rings (SSSR count). The molecule has 0 aliphatic heterocycles. The summed E-state index contributed by atoms with van der Waals surface area (Å²) in [4.78, 5) is 0. The summed E-state index contributed by atoms with van der Waals surface area (Å²) < 4.78 is 5.82. The molecule has 0 amide bonds. The van der Waals surface area contributed by atoms with Crippen LogP contribution in [0.4, 0.5) is 0 Å². The van der Waals surface area contributed by atoms with Gasteiger partial charge >= 0.3 is 0 Å². The second-order valence-corrected chi connectivity index (χ2v) is 6.90. The molecule has 0 spiro atoms. The normalized spacial score (nSPS) is 38.6. The zero-order valence-corrected chi connectivity index (χ0v) is 12.2. The summed E-state index contributed by atoms with van der Waals surface area (Å²) in [7, 11) is 0. The molecular formula is C18H24O2. The lowest BCUT2D eigenvalue weighted by Crippen LogP contribution is -2.10. The molecule has 5 atom stereocenters. The highest BCUT2D eigenvalue weighted by molar-refractivity contribution is 5.37. The van der Waals surface area contributed by atoms with Crippen molar-refractivity contribution in [2.24, 2.45) is 29.6 Å². The van der Waals surface area contributed by atoms with Crippen LogP contribution < -0.4 is 4.74 Å². The van der Waals surface area contributed by atoms with Crippen molar-refractivity contribution in [3.63, 3.8) is 0 Å². The first kappa shape index (κ1) is 12.7. The second kappa shape index (κ2) is 4.77. The van der Waals surface area contributed by atoms with E-state index in [1.807, 2.05) is 24.3 Å². The van der Waals surface area contributed by atoms with Crippen LogP contribution in [0.25, 0.3) is 0 Å². The largest absolute Gasteiger partial charge is 0.493 e. The van der Waals surface area contributed by atoms with Gasteiger partial charge in [0.1, 0.15) is 5.75 Å². The van der Waals surface area contributed by atoms with Crippen LogP contribution in [0.3, 0.4) is 0 Å². The lowest BCUT2D eigenvalue weighted by atomic mass is 9.94. The van der Waals surface area contributed by atoms with E-state index in [0.717, 1.165) is 48.0 Å². The minimum atomic E-state index is -0.318. The number of rotatable bonds is 5. The lowest BCUT2D eigenvalue weighted by Gasteiger charge is -2.18. The number of fused-ring (bicyclic) bond motifs is 5. The van der Waals surface area contributed by atoms with Gasteiger partial charge in [-0.15, -0.1) is 0 Å². The molecule has 3 aliphatic rings. The number of aliphatic hydroxyl groups excluding tert-OH is 1. The van der Waals surface area contributed by atoms with Gasteiger partial charge in [-0.2, -0.15) is 0 Å². The van der Waals surface area contributed by atoms with E-state index < -0.39 is 0 Å². The third-order valence-corrected chi connectivity index (χ3v) is 5.86. The Bertz CT molecular complexity index is 482. The fourth-order valence-corrected chi connectivity index (χ4v) is 5.09. The Morgan fingerprint density at radius 2 is 1.90 bits per heavy atom. The number of ether oxygens (including phenoxy) is 1. The van der Waals surface area contributed by atoms with Gasteiger partial charge in [-0.05, 0) is 61.3 Å². The van der Waals surface area contributed by atoms with Crippen molar-refractivity contribution in [1.82, 2.24) is 0 Å². The molecule has 0 saturated heterocycles. The van der Waals surface area contributed by atoms with Crippen LogP contribution in [0.2, 0.25) is 0 Å². The number of hydrogen-bond donors (Lipinski definition) is 1. The van der Waals surface area contributed by atoms with Crippen molar-refractivity contribution in [3.8, 4) is 5.75 Å². The maximum absolute atomic E-state index is 10.8. The van der Waals surface area contributed by atoms with Crippen LogP contribution >= 0.6 is 0 Å². The topological polar surface area (TPSA) is 29.5 Å². The van der Waals surface area contributed by atoms with Gasteiger partial charge in [0.2, 0.25) is 0 Å². The highest BCUT2D eigenvalue weighted by Crippen LogP contribution is 2.72. The van der Waals surface area contributed by atoms with Gasteiger partial charge in [0.15, 0.2) is 0 Å². The van der Waals surface area contributed by atoms with Crippen molar-refractivity contribution in [1.29, 1.82) is 0 Å². The zero-order chi connectivity index (χ0) is 13.7. The first-order chi connectivity index (χ1) is 9.81. The van der Waals surface area contributed by atoms with E-state index in [9.17, 15) is 5.11 Å². The molecule has 1 aromatic carbocycles. The molecule has 3 aliphatic carbocycles. The predicted molar refractivity (Wildman–Crippen MR) is 78.5 cm³/mol. The Labute approximate surface area is 121 Å². The minimum absolute atomic E-state index is 0.318. The maximum Gasteiger partial charge on any atom is 0.125 e. The maximum atomic E-state index is 10.8. The number of aliphatic hydroxyl groups is 1. The SMILES string of the molecule is CCCOc1ccccc1C(O)C1C2C3CCC(C3)C21. The summed E-state index contributed by atoms with van der Waals surface area (Å²) >= 11 is 0. The van der Waals surface area contributed by atoms with E-state index in [2.05, 4.69) is 6.92 Å². The quantitative estimate of drug-likeness (QED) is 0.883. The molecule has 20 heavy (non-hydrogen) atoms. The highest BCUT2D eigenvalue weighted by Gasteiger charge is 2.66. The van der Waals surface area contributed by atoms with Crippen molar-refractivity contribution in [2.45, 2.75) is 38.7 Å². The van der Waals surface area contributed by atoms with Crippen LogP contribution in [-0.2, 0) is 0 Å². The van der Waals surface area contributed by atoms with Gasteiger partial charge in [0.25, 0.3) is 0 Å². The summed E-state index contributed by atoms with van der Waals surface area (Å²) in [5, 5.41) is 10.8. The Morgan fingerprint density at radius 1 is 1.20 bits per heavy atom. The average molecular weight is 272 g/mol. The van der Waals surface area contributed by atoms with Gasteiger partial charge in [-0.3, -0.25) is 0 Å². The van der Waals surface area contributed by atoms with Crippen molar-refractivity contribution in [3.05, 3.63) is 29.8 Å². The monoisotopic (exact) mass is 272 g/mol. The molecule has 1 N–H and O–H groups in total. The van der Waals surface area contributed by atoms with E-state index in [-0.39, 0.29) is 6.10 Å². The third kappa shape index (κ3) is 1.81. The van der Waals surface area contributed by atoms with Crippen LogP contribution in [0, 0.1) is 29.6 Å².